The fraction of sp³-hybridized carbons (Fsp3) is 0.625. The molecular formula is C16H25N3O2. The van der Waals surface area contributed by atoms with Gasteiger partial charge in [0.15, 0.2) is 0 Å². The zero-order valence-electron chi connectivity index (χ0n) is 13.1. The van der Waals surface area contributed by atoms with Crippen LogP contribution in [0.4, 0.5) is 0 Å². The molecule has 0 spiro atoms. The van der Waals surface area contributed by atoms with Crippen LogP contribution in [0.15, 0.2) is 18.3 Å². The summed E-state index contributed by atoms with van der Waals surface area (Å²) in [5, 5.41) is 3.04. The molecule has 1 aromatic heterocycles. The number of hydrogen-bond donors (Lipinski definition) is 1. The summed E-state index contributed by atoms with van der Waals surface area (Å²) in [4.78, 5) is 18.7. The van der Waals surface area contributed by atoms with Crippen molar-refractivity contribution in [3.05, 3.63) is 29.6 Å². The number of aromatic nitrogens is 1. The molecule has 0 aliphatic carbocycles. The van der Waals surface area contributed by atoms with E-state index in [1.807, 2.05) is 19.1 Å². The third-order valence-corrected chi connectivity index (χ3v) is 3.93. The van der Waals surface area contributed by atoms with Crippen LogP contribution < -0.4 is 5.32 Å². The lowest BCUT2D eigenvalue weighted by Gasteiger charge is -2.36. The van der Waals surface area contributed by atoms with Crippen molar-refractivity contribution in [1.29, 1.82) is 0 Å². The second kappa shape index (κ2) is 7.52. The van der Waals surface area contributed by atoms with E-state index in [0.717, 1.165) is 32.0 Å². The second-order valence-corrected chi connectivity index (χ2v) is 5.86. The summed E-state index contributed by atoms with van der Waals surface area (Å²) in [6.07, 6.45) is 1.63. The third-order valence-electron chi connectivity index (χ3n) is 3.93. The van der Waals surface area contributed by atoms with Gasteiger partial charge >= 0.3 is 0 Å². The van der Waals surface area contributed by atoms with Crippen molar-refractivity contribution >= 4 is 5.91 Å². The van der Waals surface area contributed by atoms with E-state index < -0.39 is 0 Å². The molecule has 5 heteroatoms. The van der Waals surface area contributed by atoms with E-state index in [-0.39, 0.29) is 5.91 Å². The molecule has 1 N–H and O–H groups in total. The molecule has 1 fully saturated rings. The molecule has 0 saturated carbocycles. The molecule has 1 unspecified atom stereocenters. The Morgan fingerprint density at radius 3 is 2.67 bits per heavy atom. The lowest BCUT2D eigenvalue weighted by molar-refractivity contribution is 0.00672. The minimum absolute atomic E-state index is 0.0543. The summed E-state index contributed by atoms with van der Waals surface area (Å²) < 4.78 is 5.40. The number of aryl methyl sites for hydroxylation is 1. The first kappa shape index (κ1) is 15.9. The van der Waals surface area contributed by atoms with Gasteiger partial charge in [0.2, 0.25) is 0 Å². The summed E-state index contributed by atoms with van der Waals surface area (Å²) in [6.45, 7) is 10.4. The van der Waals surface area contributed by atoms with Gasteiger partial charge in [-0.25, -0.2) is 0 Å². The molecule has 1 saturated heterocycles. The normalized spacial score (nSPS) is 17.7. The molecule has 1 amide bonds. The highest BCUT2D eigenvalue weighted by atomic mass is 16.5. The Balaban J connectivity index is 1.91. The van der Waals surface area contributed by atoms with E-state index in [2.05, 4.69) is 29.0 Å². The number of pyridine rings is 1. The number of hydrogen-bond acceptors (Lipinski definition) is 4. The molecule has 2 rings (SSSR count). The van der Waals surface area contributed by atoms with Crippen molar-refractivity contribution in [2.24, 2.45) is 5.92 Å². The van der Waals surface area contributed by atoms with Crippen LogP contribution in [0.3, 0.4) is 0 Å². The van der Waals surface area contributed by atoms with Crippen molar-refractivity contribution in [3.63, 3.8) is 0 Å². The zero-order valence-corrected chi connectivity index (χ0v) is 13.1. The molecule has 21 heavy (non-hydrogen) atoms. The number of amides is 1. The van der Waals surface area contributed by atoms with Crippen LogP contribution in [0.5, 0.6) is 0 Å². The molecule has 1 aliphatic heterocycles. The lowest BCUT2D eigenvalue weighted by atomic mass is 10.0. The van der Waals surface area contributed by atoms with Gasteiger partial charge in [0.25, 0.3) is 5.91 Å². The Kier molecular flexibility index (Phi) is 5.70. The van der Waals surface area contributed by atoms with E-state index in [9.17, 15) is 4.79 Å². The first-order chi connectivity index (χ1) is 10.1. The molecule has 0 aromatic carbocycles. The summed E-state index contributed by atoms with van der Waals surface area (Å²) >= 11 is 0. The van der Waals surface area contributed by atoms with Crippen LogP contribution in [0, 0.1) is 12.8 Å². The molecule has 2 heterocycles. The van der Waals surface area contributed by atoms with E-state index in [1.165, 1.54) is 0 Å². The van der Waals surface area contributed by atoms with Gasteiger partial charge < -0.3 is 10.1 Å². The minimum atomic E-state index is -0.0543. The highest BCUT2D eigenvalue weighted by Gasteiger charge is 2.24. The fourth-order valence-electron chi connectivity index (χ4n) is 2.60. The first-order valence-electron chi connectivity index (χ1n) is 7.60. The van der Waals surface area contributed by atoms with Crippen molar-refractivity contribution in [1.82, 2.24) is 15.2 Å². The number of carbonyl (C=O) groups excluding carboxylic acids is 1. The average molecular weight is 291 g/mol. The van der Waals surface area contributed by atoms with Crippen molar-refractivity contribution in [2.45, 2.75) is 26.8 Å². The highest BCUT2D eigenvalue weighted by molar-refractivity contribution is 5.93. The summed E-state index contributed by atoms with van der Waals surface area (Å²) in [6, 6.07) is 4.02. The van der Waals surface area contributed by atoms with Gasteiger partial charge in [-0.1, -0.05) is 13.8 Å². The molecule has 1 aromatic rings. The Labute approximate surface area is 126 Å². The average Bonchev–Trinajstić information content (AvgIpc) is 2.48. The fourth-order valence-corrected chi connectivity index (χ4v) is 2.60. The van der Waals surface area contributed by atoms with Crippen molar-refractivity contribution in [3.8, 4) is 0 Å². The van der Waals surface area contributed by atoms with Crippen LogP contribution in [-0.4, -0.2) is 54.7 Å². The number of nitrogens with one attached hydrogen (secondary N) is 1. The van der Waals surface area contributed by atoms with Gasteiger partial charge in [0, 0.05) is 37.6 Å². The predicted octanol–water partition coefficient (Wildman–Crippen LogP) is 1.48. The minimum Gasteiger partial charge on any atom is -0.379 e. The third kappa shape index (κ3) is 4.51. The number of carbonyl (C=O) groups is 1. The topological polar surface area (TPSA) is 54.5 Å². The van der Waals surface area contributed by atoms with Crippen LogP contribution in [0.25, 0.3) is 0 Å². The Hall–Kier alpha value is -1.46. The zero-order chi connectivity index (χ0) is 15.2. The lowest BCUT2D eigenvalue weighted by Crippen LogP contribution is -2.51. The number of morpholine rings is 1. The molecule has 116 valence electrons. The summed E-state index contributed by atoms with van der Waals surface area (Å²) in [5.41, 5.74) is 1.53. The maximum atomic E-state index is 12.2. The van der Waals surface area contributed by atoms with Crippen LogP contribution in [0.1, 0.15) is 29.9 Å². The molecule has 1 aliphatic rings. The Morgan fingerprint density at radius 2 is 2.10 bits per heavy atom. The largest absolute Gasteiger partial charge is 0.379 e. The van der Waals surface area contributed by atoms with Gasteiger partial charge in [-0.15, -0.1) is 0 Å². The van der Waals surface area contributed by atoms with Crippen LogP contribution in [-0.2, 0) is 4.74 Å². The van der Waals surface area contributed by atoms with E-state index in [1.54, 1.807) is 6.20 Å². The van der Waals surface area contributed by atoms with Gasteiger partial charge in [-0.2, -0.15) is 0 Å². The standard InChI is InChI=1S/C16H25N3O2/c1-12(2)15(19-6-8-21-9-7-19)11-18-16(20)14-5-4-13(3)17-10-14/h4-5,10,12,15H,6-9,11H2,1-3H3,(H,18,20). The summed E-state index contributed by atoms with van der Waals surface area (Å²) in [5.74, 6) is 0.431. The van der Waals surface area contributed by atoms with E-state index >= 15 is 0 Å². The molecule has 5 nitrogen and oxygen atoms in total. The van der Waals surface area contributed by atoms with Crippen LogP contribution in [0.2, 0.25) is 0 Å². The quantitative estimate of drug-likeness (QED) is 0.893. The Bertz CT molecular complexity index is 453. The second-order valence-electron chi connectivity index (χ2n) is 5.86. The molecule has 0 radical (unpaired) electrons. The highest BCUT2D eigenvalue weighted by Crippen LogP contribution is 2.12. The van der Waals surface area contributed by atoms with Gasteiger partial charge in [0.05, 0.1) is 18.8 Å². The van der Waals surface area contributed by atoms with Crippen molar-refractivity contribution in [2.75, 3.05) is 32.8 Å². The molecule has 1 atom stereocenters. The monoisotopic (exact) mass is 291 g/mol. The number of ether oxygens (including phenoxy) is 1. The van der Waals surface area contributed by atoms with Crippen LogP contribution >= 0.6 is 0 Å². The Morgan fingerprint density at radius 1 is 1.38 bits per heavy atom. The predicted molar refractivity (Wildman–Crippen MR) is 82.3 cm³/mol. The number of rotatable bonds is 5. The number of nitrogens with zero attached hydrogens (tertiary/aromatic N) is 2. The van der Waals surface area contributed by atoms with Gasteiger partial charge in [-0.3, -0.25) is 14.7 Å². The maximum Gasteiger partial charge on any atom is 0.252 e. The van der Waals surface area contributed by atoms with Gasteiger partial charge in [0.1, 0.15) is 0 Å². The van der Waals surface area contributed by atoms with E-state index in [0.29, 0.717) is 24.1 Å². The maximum absolute atomic E-state index is 12.2. The van der Waals surface area contributed by atoms with E-state index in [4.69, 9.17) is 4.74 Å². The molecular weight excluding hydrogens is 266 g/mol. The smallest absolute Gasteiger partial charge is 0.252 e. The SMILES string of the molecule is Cc1ccc(C(=O)NCC(C(C)C)N2CCOCC2)cn1. The summed E-state index contributed by atoms with van der Waals surface area (Å²) in [7, 11) is 0. The van der Waals surface area contributed by atoms with Crippen molar-refractivity contribution < 1.29 is 9.53 Å². The van der Waals surface area contributed by atoms with Gasteiger partial charge in [-0.05, 0) is 25.0 Å². The molecule has 0 bridgehead atoms. The first-order valence-corrected chi connectivity index (χ1v) is 7.60.